The Morgan fingerprint density at radius 3 is 2.53 bits per heavy atom. The van der Waals surface area contributed by atoms with Gasteiger partial charge in [0, 0.05) is 29.1 Å². The fraction of sp³-hybridized carbons (Fsp3) is 0.207. The summed E-state index contributed by atoms with van der Waals surface area (Å²) in [5.41, 5.74) is 4.43. The molecule has 1 aromatic heterocycles. The van der Waals surface area contributed by atoms with Crippen LogP contribution in [-0.2, 0) is 16.0 Å². The lowest BCUT2D eigenvalue weighted by Gasteiger charge is -2.36. The van der Waals surface area contributed by atoms with Crippen molar-refractivity contribution in [2.75, 3.05) is 25.2 Å². The minimum absolute atomic E-state index is 0.293. The largest absolute Gasteiger partial charge is 0.486 e. The summed E-state index contributed by atoms with van der Waals surface area (Å²) < 4.78 is 16.2. The average Bonchev–Trinajstić information content (AvgIpc) is 3.45. The third-order valence-corrected chi connectivity index (χ3v) is 7.48. The fourth-order valence-corrected chi connectivity index (χ4v) is 5.75. The molecular weight excluding hydrogens is 486 g/mol. The summed E-state index contributed by atoms with van der Waals surface area (Å²) >= 11 is 0. The highest BCUT2D eigenvalue weighted by Gasteiger charge is 2.53. The highest BCUT2D eigenvalue weighted by Crippen LogP contribution is 2.45. The van der Waals surface area contributed by atoms with Crippen LogP contribution in [0, 0.1) is 0 Å². The van der Waals surface area contributed by atoms with E-state index in [0.717, 1.165) is 27.7 Å². The van der Waals surface area contributed by atoms with Crippen LogP contribution in [0.5, 0.6) is 11.5 Å². The first kappa shape index (κ1) is 22.4. The molecule has 3 aliphatic rings. The van der Waals surface area contributed by atoms with Gasteiger partial charge in [-0.05, 0) is 41.5 Å². The number of hydrogen-bond acceptors (Lipinski definition) is 6. The Morgan fingerprint density at radius 2 is 1.74 bits per heavy atom. The molecule has 9 nitrogen and oxygen atoms in total. The van der Waals surface area contributed by atoms with Gasteiger partial charge in [0.15, 0.2) is 11.5 Å². The molecule has 0 aliphatic carbocycles. The highest BCUT2D eigenvalue weighted by molar-refractivity contribution is 6.22. The third kappa shape index (κ3) is 3.21. The Balaban J connectivity index is 1.35. The SMILES string of the molecule is COC(=O)c1ccc([C@@H]2c3[nH]c4ccccc4c3C[C@H]3C(=O)N(c4ccc5c(c4)OCCO5)C(=O)N23)cc1. The van der Waals surface area contributed by atoms with E-state index in [2.05, 4.69) is 4.98 Å². The number of ether oxygens (including phenoxy) is 3. The second kappa shape index (κ2) is 8.37. The van der Waals surface area contributed by atoms with E-state index >= 15 is 0 Å². The lowest BCUT2D eigenvalue weighted by atomic mass is 9.88. The number of benzene rings is 3. The number of aromatic amines is 1. The molecule has 9 heteroatoms. The molecule has 2 atom stereocenters. The van der Waals surface area contributed by atoms with Gasteiger partial charge in [0.1, 0.15) is 25.3 Å². The maximum atomic E-state index is 14.0. The van der Waals surface area contributed by atoms with Crippen molar-refractivity contribution in [3.05, 3.63) is 89.1 Å². The summed E-state index contributed by atoms with van der Waals surface area (Å²) in [4.78, 5) is 46.3. The number of imide groups is 1. The van der Waals surface area contributed by atoms with Crippen LogP contribution >= 0.6 is 0 Å². The Labute approximate surface area is 217 Å². The molecule has 1 saturated heterocycles. The highest BCUT2D eigenvalue weighted by atomic mass is 16.6. The van der Waals surface area contributed by atoms with Gasteiger partial charge >= 0.3 is 12.0 Å². The van der Waals surface area contributed by atoms with E-state index in [0.29, 0.717) is 42.4 Å². The predicted octanol–water partition coefficient (Wildman–Crippen LogP) is 4.21. The Bertz CT molecular complexity index is 1630. The van der Waals surface area contributed by atoms with E-state index < -0.39 is 24.1 Å². The molecule has 0 unspecified atom stereocenters. The number of H-pyrrole nitrogens is 1. The van der Waals surface area contributed by atoms with E-state index in [9.17, 15) is 14.4 Å². The van der Waals surface area contributed by atoms with E-state index in [1.54, 1.807) is 47.4 Å². The number of para-hydroxylation sites is 1. The number of nitrogens with one attached hydrogen (secondary N) is 1. The number of esters is 1. The van der Waals surface area contributed by atoms with E-state index in [1.807, 2.05) is 24.3 Å². The van der Waals surface area contributed by atoms with Crippen molar-refractivity contribution in [2.24, 2.45) is 0 Å². The second-order valence-electron chi connectivity index (χ2n) is 9.49. The van der Waals surface area contributed by atoms with Gasteiger partial charge in [-0.1, -0.05) is 30.3 Å². The molecule has 0 bridgehead atoms. The van der Waals surface area contributed by atoms with Crippen LogP contribution in [0.1, 0.15) is 33.2 Å². The molecular formula is C29H23N3O6. The van der Waals surface area contributed by atoms with Gasteiger partial charge in [-0.25, -0.2) is 14.5 Å². The predicted molar refractivity (Wildman–Crippen MR) is 138 cm³/mol. The minimum atomic E-state index is -0.687. The van der Waals surface area contributed by atoms with Crippen LogP contribution < -0.4 is 14.4 Å². The summed E-state index contributed by atoms with van der Waals surface area (Å²) in [6, 6.07) is 18.3. The van der Waals surface area contributed by atoms with Gasteiger partial charge in [-0.3, -0.25) is 9.69 Å². The van der Waals surface area contributed by atoms with Crippen molar-refractivity contribution in [3.8, 4) is 11.5 Å². The maximum Gasteiger partial charge on any atom is 0.337 e. The number of rotatable bonds is 3. The van der Waals surface area contributed by atoms with Crippen molar-refractivity contribution < 1.29 is 28.6 Å². The third-order valence-electron chi connectivity index (χ3n) is 7.48. The zero-order valence-electron chi connectivity index (χ0n) is 20.5. The summed E-state index contributed by atoms with van der Waals surface area (Å²) in [5.74, 6) is 0.354. The number of urea groups is 1. The van der Waals surface area contributed by atoms with Gasteiger partial charge in [-0.15, -0.1) is 0 Å². The lowest BCUT2D eigenvalue weighted by Crippen LogP contribution is -2.44. The average molecular weight is 510 g/mol. The van der Waals surface area contributed by atoms with Gasteiger partial charge < -0.3 is 19.2 Å². The van der Waals surface area contributed by atoms with Gasteiger partial charge in [-0.2, -0.15) is 0 Å². The van der Waals surface area contributed by atoms with Gasteiger partial charge in [0.2, 0.25) is 0 Å². The molecule has 4 heterocycles. The van der Waals surface area contributed by atoms with Gasteiger partial charge in [0.05, 0.1) is 18.4 Å². The Hall–Kier alpha value is -4.79. The monoisotopic (exact) mass is 509 g/mol. The number of carbonyl (C=O) groups excluding carboxylic acids is 3. The van der Waals surface area contributed by atoms with Crippen LogP contribution in [0.3, 0.4) is 0 Å². The number of hydrogen-bond donors (Lipinski definition) is 1. The molecule has 1 N–H and O–H groups in total. The van der Waals surface area contributed by atoms with Crippen LogP contribution in [0.15, 0.2) is 66.7 Å². The van der Waals surface area contributed by atoms with Crippen molar-refractivity contribution >= 4 is 34.5 Å². The number of methoxy groups -OCH3 is 1. The van der Waals surface area contributed by atoms with Crippen molar-refractivity contribution in [2.45, 2.75) is 18.5 Å². The number of carbonyl (C=O) groups is 3. The number of anilines is 1. The van der Waals surface area contributed by atoms with Crippen molar-refractivity contribution in [1.29, 1.82) is 0 Å². The van der Waals surface area contributed by atoms with Crippen molar-refractivity contribution in [3.63, 3.8) is 0 Å². The van der Waals surface area contributed by atoms with Crippen LogP contribution in [0.2, 0.25) is 0 Å². The zero-order chi connectivity index (χ0) is 26.0. The summed E-state index contributed by atoms with van der Waals surface area (Å²) in [6.07, 6.45) is 0.391. The minimum Gasteiger partial charge on any atom is -0.486 e. The quantitative estimate of drug-likeness (QED) is 0.328. The van der Waals surface area contributed by atoms with E-state index in [-0.39, 0.29) is 5.91 Å². The standard InChI is InChI=1S/C29H23N3O6/c1-36-28(34)17-8-6-16(7-9-17)26-25-20(19-4-2-3-5-21(19)30-25)15-22-27(33)31(29(35)32(22)26)18-10-11-23-24(14-18)38-13-12-37-23/h2-11,14,22,26,30H,12-13,15H2,1H3/t22-,26+/m0/s1. The molecule has 0 radical (unpaired) electrons. The van der Waals surface area contributed by atoms with Gasteiger partial charge in [0.25, 0.3) is 5.91 Å². The lowest BCUT2D eigenvalue weighted by molar-refractivity contribution is -0.120. The first-order valence-electron chi connectivity index (χ1n) is 12.4. The van der Waals surface area contributed by atoms with Crippen LogP contribution in [0.25, 0.3) is 10.9 Å². The first-order valence-corrected chi connectivity index (χ1v) is 12.4. The molecule has 190 valence electrons. The molecule has 3 amide bonds. The number of aromatic nitrogens is 1. The smallest absolute Gasteiger partial charge is 0.337 e. The zero-order valence-corrected chi connectivity index (χ0v) is 20.5. The maximum absolute atomic E-state index is 14.0. The Kier molecular flexibility index (Phi) is 4.94. The number of amides is 3. The summed E-state index contributed by atoms with van der Waals surface area (Å²) in [5, 5.41) is 1.02. The molecule has 0 saturated carbocycles. The first-order chi connectivity index (χ1) is 18.5. The number of nitrogens with zero attached hydrogens (tertiary/aromatic N) is 2. The summed E-state index contributed by atoms with van der Waals surface area (Å²) in [6.45, 7) is 0.852. The molecule has 0 spiro atoms. The molecule has 3 aromatic carbocycles. The second-order valence-corrected chi connectivity index (χ2v) is 9.49. The Morgan fingerprint density at radius 1 is 0.974 bits per heavy atom. The van der Waals surface area contributed by atoms with E-state index in [4.69, 9.17) is 14.2 Å². The molecule has 4 aromatic rings. The molecule has 7 rings (SSSR count). The van der Waals surface area contributed by atoms with Crippen molar-refractivity contribution in [1.82, 2.24) is 9.88 Å². The topological polar surface area (TPSA) is 101 Å². The number of fused-ring (bicyclic) bond motifs is 5. The molecule has 1 fully saturated rings. The fourth-order valence-electron chi connectivity index (χ4n) is 5.75. The normalized spacial score (nSPS) is 19.9. The van der Waals surface area contributed by atoms with Crippen LogP contribution in [-0.4, -0.2) is 54.2 Å². The van der Waals surface area contributed by atoms with E-state index in [1.165, 1.54) is 12.0 Å². The molecule has 38 heavy (non-hydrogen) atoms. The summed E-state index contributed by atoms with van der Waals surface area (Å²) in [7, 11) is 1.33. The van der Waals surface area contributed by atoms with Crippen LogP contribution in [0.4, 0.5) is 10.5 Å². The molecule has 3 aliphatic heterocycles.